The first-order valence-corrected chi connectivity index (χ1v) is 6.85. The second-order valence-corrected chi connectivity index (χ2v) is 4.98. The van der Waals surface area contributed by atoms with E-state index in [4.69, 9.17) is 4.74 Å². The highest BCUT2D eigenvalue weighted by Gasteiger charge is 2.21. The van der Waals surface area contributed by atoms with Crippen molar-refractivity contribution in [3.63, 3.8) is 0 Å². The predicted molar refractivity (Wildman–Crippen MR) is 72.9 cm³/mol. The van der Waals surface area contributed by atoms with Crippen molar-refractivity contribution in [2.45, 2.75) is 38.1 Å². The molecule has 100 valence electrons. The van der Waals surface area contributed by atoms with E-state index in [1.165, 1.54) is 24.0 Å². The minimum absolute atomic E-state index is 0.383. The van der Waals surface area contributed by atoms with Gasteiger partial charge < -0.3 is 15.2 Å². The molecule has 0 radical (unpaired) electrons. The molecule has 0 aliphatic heterocycles. The molecule has 1 aliphatic carbocycles. The number of nitrogens with one attached hydrogen (secondary N) is 1. The van der Waals surface area contributed by atoms with Crippen molar-refractivity contribution in [2.24, 2.45) is 0 Å². The van der Waals surface area contributed by atoms with Gasteiger partial charge in [0.05, 0.1) is 0 Å². The minimum Gasteiger partial charge on any atom is -0.508 e. The lowest BCUT2D eigenvalue weighted by Gasteiger charge is -2.14. The van der Waals surface area contributed by atoms with Crippen LogP contribution >= 0.6 is 0 Å². The molecule has 2 rings (SSSR count). The third kappa shape index (κ3) is 3.47. The van der Waals surface area contributed by atoms with Crippen LogP contribution in [-0.4, -0.2) is 25.4 Å². The Labute approximate surface area is 109 Å². The number of ether oxygens (including phenoxy) is 1. The van der Waals surface area contributed by atoms with Crippen molar-refractivity contribution in [1.29, 1.82) is 0 Å². The van der Waals surface area contributed by atoms with Crippen LogP contribution in [0.3, 0.4) is 0 Å². The third-order valence-corrected chi connectivity index (χ3v) is 3.62. The fourth-order valence-corrected chi connectivity index (χ4v) is 2.64. The third-order valence-electron chi connectivity index (χ3n) is 3.62. The Morgan fingerprint density at radius 1 is 1.33 bits per heavy atom. The summed E-state index contributed by atoms with van der Waals surface area (Å²) in [6.45, 7) is 1.93. The maximum Gasteiger partial charge on any atom is 0.115 e. The van der Waals surface area contributed by atoms with E-state index in [1.54, 1.807) is 13.2 Å². The molecular weight excluding hydrogens is 226 g/mol. The van der Waals surface area contributed by atoms with E-state index < -0.39 is 0 Å². The molecule has 0 bridgehead atoms. The highest BCUT2D eigenvalue weighted by atomic mass is 16.5. The van der Waals surface area contributed by atoms with Gasteiger partial charge in [-0.25, -0.2) is 0 Å². The lowest BCUT2D eigenvalue weighted by Crippen LogP contribution is -2.20. The summed E-state index contributed by atoms with van der Waals surface area (Å²) in [6.07, 6.45) is 5.79. The molecule has 1 aromatic carbocycles. The molecule has 0 saturated heterocycles. The Balaban J connectivity index is 1.73. The Bertz CT molecular complexity index is 379. The van der Waals surface area contributed by atoms with Crippen LogP contribution in [0.5, 0.6) is 5.75 Å². The molecule has 0 amide bonds. The number of unbranched alkanes of at least 4 members (excludes halogenated alkanes) is 2. The van der Waals surface area contributed by atoms with Crippen molar-refractivity contribution in [3.05, 3.63) is 29.3 Å². The van der Waals surface area contributed by atoms with E-state index in [0.717, 1.165) is 32.4 Å². The smallest absolute Gasteiger partial charge is 0.115 e. The summed E-state index contributed by atoms with van der Waals surface area (Å²) in [4.78, 5) is 0. The number of aryl methyl sites for hydroxylation is 1. The zero-order valence-electron chi connectivity index (χ0n) is 11.1. The highest BCUT2D eigenvalue weighted by Crippen LogP contribution is 2.33. The minimum atomic E-state index is 0.383. The predicted octanol–water partition coefficient (Wildman–Crippen LogP) is 2.79. The van der Waals surface area contributed by atoms with Gasteiger partial charge >= 0.3 is 0 Å². The number of methoxy groups -OCH3 is 1. The average molecular weight is 249 g/mol. The Morgan fingerprint density at radius 2 is 2.22 bits per heavy atom. The maximum atomic E-state index is 9.45. The van der Waals surface area contributed by atoms with Gasteiger partial charge in [0.2, 0.25) is 0 Å². The van der Waals surface area contributed by atoms with E-state index in [2.05, 4.69) is 11.4 Å². The molecule has 1 aliphatic rings. The molecule has 18 heavy (non-hydrogen) atoms. The molecule has 0 aromatic heterocycles. The SMILES string of the molecule is COCCCCCNC1CCc2cc(O)ccc21. The Morgan fingerprint density at radius 3 is 3.06 bits per heavy atom. The molecule has 0 spiro atoms. The summed E-state index contributed by atoms with van der Waals surface area (Å²) < 4.78 is 5.04. The summed E-state index contributed by atoms with van der Waals surface area (Å²) in [6, 6.07) is 6.22. The Hall–Kier alpha value is -1.06. The second-order valence-electron chi connectivity index (χ2n) is 4.98. The standard InChI is InChI=1S/C15H23NO2/c1-18-10-4-2-3-9-16-15-8-5-12-11-13(17)6-7-14(12)15/h6-7,11,15-17H,2-5,8-10H2,1H3. The van der Waals surface area contributed by atoms with Crippen molar-refractivity contribution in [1.82, 2.24) is 5.32 Å². The van der Waals surface area contributed by atoms with Crippen molar-refractivity contribution in [2.75, 3.05) is 20.3 Å². The van der Waals surface area contributed by atoms with Crippen LogP contribution in [0.4, 0.5) is 0 Å². The number of fused-ring (bicyclic) bond motifs is 1. The van der Waals surface area contributed by atoms with Crippen LogP contribution < -0.4 is 5.32 Å². The van der Waals surface area contributed by atoms with E-state index >= 15 is 0 Å². The van der Waals surface area contributed by atoms with Crippen LogP contribution in [0.1, 0.15) is 42.9 Å². The van der Waals surface area contributed by atoms with E-state index in [1.807, 2.05) is 6.07 Å². The summed E-state index contributed by atoms with van der Waals surface area (Å²) >= 11 is 0. The molecule has 0 fully saturated rings. The van der Waals surface area contributed by atoms with E-state index in [0.29, 0.717) is 11.8 Å². The van der Waals surface area contributed by atoms with Crippen molar-refractivity contribution >= 4 is 0 Å². The average Bonchev–Trinajstić information content (AvgIpc) is 2.76. The molecular formula is C15H23NO2. The van der Waals surface area contributed by atoms with Crippen LogP contribution in [-0.2, 0) is 11.2 Å². The molecule has 1 atom stereocenters. The fourth-order valence-electron chi connectivity index (χ4n) is 2.64. The first-order valence-electron chi connectivity index (χ1n) is 6.85. The summed E-state index contributed by atoms with van der Waals surface area (Å²) in [7, 11) is 1.75. The number of phenolic OH excluding ortho intramolecular Hbond substituents is 1. The number of benzene rings is 1. The van der Waals surface area contributed by atoms with E-state index in [-0.39, 0.29) is 0 Å². The van der Waals surface area contributed by atoms with E-state index in [9.17, 15) is 5.11 Å². The zero-order chi connectivity index (χ0) is 12.8. The van der Waals surface area contributed by atoms with Crippen LogP contribution in [0, 0.1) is 0 Å². The fraction of sp³-hybridized carbons (Fsp3) is 0.600. The Kier molecular flexibility index (Phi) is 5.02. The summed E-state index contributed by atoms with van der Waals surface area (Å²) in [5.74, 6) is 0.383. The molecule has 3 heteroatoms. The first kappa shape index (κ1) is 13.4. The van der Waals surface area contributed by atoms with Gasteiger partial charge in [-0.1, -0.05) is 6.07 Å². The van der Waals surface area contributed by atoms with Crippen LogP contribution in [0.15, 0.2) is 18.2 Å². The largest absolute Gasteiger partial charge is 0.508 e. The number of hydrogen-bond acceptors (Lipinski definition) is 3. The van der Waals surface area contributed by atoms with Crippen molar-refractivity contribution in [3.8, 4) is 5.75 Å². The number of hydrogen-bond donors (Lipinski definition) is 2. The highest BCUT2D eigenvalue weighted by molar-refractivity contribution is 5.39. The normalized spacial score (nSPS) is 17.9. The second kappa shape index (κ2) is 6.76. The van der Waals surface area contributed by atoms with Gasteiger partial charge in [-0.15, -0.1) is 0 Å². The zero-order valence-corrected chi connectivity index (χ0v) is 11.1. The van der Waals surface area contributed by atoms with Gasteiger partial charge in [0.15, 0.2) is 0 Å². The van der Waals surface area contributed by atoms with Gasteiger partial charge in [0.25, 0.3) is 0 Å². The van der Waals surface area contributed by atoms with Gasteiger partial charge in [-0.2, -0.15) is 0 Å². The monoisotopic (exact) mass is 249 g/mol. The van der Waals surface area contributed by atoms with Gasteiger partial charge in [0.1, 0.15) is 5.75 Å². The maximum absolute atomic E-state index is 9.45. The topological polar surface area (TPSA) is 41.5 Å². The van der Waals surface area contributed by atoms with Gasteiger partial charge in [-0.05, 0) is 61.9 Å². The van der Waals surface area contributed by atoms with Gasteiger partial charge in [-0.3, -0.25) is 0 Å². The van der Waals surface area contributed by atoms with Crippen molar-refractivity contribution < 1.29 is 9.84 Å². The van der Waals surface area contributed by atoms with Crippen LogP contribution in [0.25, 0.3) is 0 Å². The first-order chi connectivity index (χ1) is 8.81. The quantitative estimate of drug-likeness (QED) is 0.730. The number of rotatable bonds is 7. The number of aromatic hydroxyl groups is 1. The summed E-state index contributed by atoms with van der Waals surface area (Å²) in [5.41, 5.74) is 2.66. The molecule has 0 heterocycles. The molecule has 0 saturated carbocycles. The lowest BCUT2D eigenvalue weighted by atomic mass is 10.1. The summed E-state index contributed by atoms with van der Waals surface area (Å²) in [5, 5.41) is 13.1. The molecule has 1 unspecified atom stereocenters. The molecule has 2 N–H and O–H groups in total. The molecule has 3 nitrogen and oxygen atoms in total. The molecule has 1 aromatic rings. The van der Waals surface area contributed by atoms with Gasteiger partial charge in [0, 0.05) is 19.8 Å². The number of phenols is 1. The lowest BCUT2D eigenvalue weighted by molar-refractivity contribution is 0.192. The van der Waals surface area contributed by atoms with Crippen LogP contribution in [0.2, 0.25) is 0 Å².